The molecule has 3 atom stereocenters. The molecule has 2 aliphatic rings. The van der Waals surface area contributed by atoms with Crippen LogP contribution in [0.15, 0.2) is 24.3 Å². The van der Waals surface area contributed by atoms with Gasteiger partial charge in [0, 0.05) is 0 Å². The molecule has 0 aromatic heterocycles. The Kier molecular flexibility index (Phi) is 5.35. The maximum Gasteiger partial charge on any atom is -0.0196 e. The zero-order valence-corrected chi connectivity index (χ0v) is 11.4. The van der Waals surface area contributed by atoms with Crippen molar-refractivity contribution < 1.29 is 0 Å². The van der Waals surface area contributed by atoms with Crippen molar-refractivity contribution in [3.05, 3.63) is 24.3 Å². The zero-order chi connectivity index (χ0) is 11.9. The standard InChI is InChI=1S/C17H28/c1-15-12-13-17(14-15)11-7-3-6-10-16-8-4-2-5-9-16/h2,4-5,8,15-17H,3,6-7,9-14H2,1H3. The average Bonchev–Trinajstić information content (AvgIpc) is 2.76. The van der Waals surface area contributed by atoms with E-state index < -0.39 is 0 Å². The van der Waals surface area contributed by atoms with Crippen LogP contribution in [0.5, 0.6) is 0 Å². The topological polar surface area (TPSA) is 0 Å². The summed E-state index contributed by atoms with van der Waals surface area (Å²) in [5.41, 5.74) is 0. The third-order valence-corrected chi connectivity index (χ3v) is 4.56. The largest absolute Gasteiger partial charge is 0.0840 e. The highest BCUT2D eigenvalue weighted by atomic mass is 14.3. The first-order valence-corrected chi connectivity index (χ1v) is 7.68. The van der Waals surface area contributed by atoms with Crippen LogP contribution >= 0.6 is 0 Å². The van der Waals surface area contributed by atoms with Gasteiger partial charge in [-0.25, -0.2) is 0 Å². The molecule has 0 radical (unpaired) electrons. The highest BCUT2D eigenvalue weighted by molar-refractivity contribution is 5.10. The summed E-state index contributed by atoms with van der Waals surface area (Å²) in [4.78, 5) is 0. The second-order valence-corrected chi connectivity index (χ2v) is 6.23. The number of hydrogen-bond acceptors (Lipinski definition) is 0. The van der Waals surface area contributed by atoms with E-state index in [9.17, 15) is 0 Å². The molecule has 2 rings (SSSR count). The molecule has 0 heterocycles. The molecule has 0 nitrogen and oxygen atoms in total. The number of hydrogen-bond donors (Lipinski definition) is 0. The SMILES string of the molecule is CC1CCC(CCCCCC2C=CC=CC2)C1. The summed E-state index contributed by atoms with van der Waals surface area (Å²) in [6, 6.07) is 0. The van der Waals surface area contributed by atoms with Crippen molar-refractivity contribution in [1.82, 2.24) is 0 Å². The van der Waals surface area contributed by atoms with E-state index in [0.717, 1.165) is 17.8 Å². The minimum atomic E-state index is 0.839. The van der Waals surface area contributed by atoms with Gasteiger partial charge in [0.15, 0.2) is 0 Å². The monoisotopic (exact) mass is 232 g/mol. The van der Waals surface area contributed by atoms with Crippen molar-refractivity contribution in [1.29, 1.82) is 0 Å². The molecule has 2 aliphatic carbocycles. The molecule has 96 valence electrons. The first kappa shape index (κ1) is 12.9. The van der Waals surface area contributed by atoms with Gasteiger partial charge in [0.2, 0.25) is 0 Å². The third-order valence-electron chi connectivity index (χ3n) is 4.56. The van der Waals surface area contributed by atoms with Crippen LogP contribution in [0.4, 0.5) is 0 Å². The summed E-state index contributed by atoms with van der Waals surface area (Å²) in [5, 5.41) is 0. The molecule has 1 saturated carbocycles. The molecule has 0 aromatic carbocycles. The number of allylic oxidation sites excluding steroid dienone is 4. The van der Waals surface area contributed by atoms with Crippen LogP contribution in [-0.4, -0.2) is 0 Å². The molecular weight excluding hydrogens is 204 g/mol. The minimum absolute atomic E-state index is 0.839. The molecule has 0 aliphatic heterocycles. The van der Waals surface area contributed by atoms with Crippen molar-refractivity contribution in [2.75, 3.05) is 0 Å². The Morgan fingerprint density at radius 2 is 1.88 bits per heavy atom. The van der Waals surface area contributed by atoms with Crippen molar-refractivity contribution in [3.63, 3.8) is 0 Å². The van der Waals surface area contributed by atoms with Crippen LogP contribution in [0, 0.1) is 17.8 Å². The number of rotatable bonds is 6. The molecule has 0 saturated heterocycles. The number of unbranched alkanes of at least 4 members (excludes halogenated alkanes) is 2. The lowest BCUT2D eigenvalue weighted by atomic mass is 9.93. The molecule has 0 aromatic rings. The van der Waals surface area contributed by atoms with E-state index in [-0.39, 0.29) is 0 Å². The third kappa shape index (κ3) is 4.69. The molecule has 0 amide bonds. The van der Waals surface area contributed by atoms with E-state index >= 15 is 0 Å². The molecule has 0 bridgehead atoms. The fraction of sp³-hybridized carbons (Fsp3) is 0.765. The maximum absolute atomic E-state index is 2.42. The minimum Gasteiger partial charge on any atom is -0.0840 e. The summed E-state index contributed by atoms with van der Waals surface area (Å²) < 4.78 is 0. The van der Waals surface area contributed by atoms with Gasteiger partial charge < -0.3 is 0 Å². The van der Waals surface area contributed by atoms with E-state index in [1.165, 1.54) is 57.8 Å². The van der Waals surface area contributed by atoms with E-state index in [2.05, 4.69) is 31.2 Å². The van der Waals surface area contributed by atoms with E-state index in [4.69, 9.17) is 0 Å². The Labute approximate surface area is 107 Å². The van der Waals surface area contributed by atoms with Crippen LogP contribution in [-0.2, 0) is 0 Å². The lowest BCUT2D eigenvalue weighted by Crippen LogP contribution is -1.98. The summed E-state index contributed by atoms with van der Waals surface area (Å²) in [5.74, 6) is 2.92. The van der Waals surface area contributed by atoms with Crippen LogP contribution in [0.2, 0.25) is 0 Å². The van der Waals surface area contributed by atoms with E-state index in [0.29, 0.717) is 0 Å². The van der Waals surface area contributed by atoms with Gasteiger partial charge in [-0.2, -0.15) is 0 Å². The highest BCUT2D eigenvalue weighted by Gasteiger charge is 2.20. The lowest BCUT2D eigenvalue weighted by Gasteiger charge is -2.13. The van der Waals surface area contributed by atoms with Crippen molar-refractivity contribution in [2.24, 2.45) is 17.8 Å². The predicted octanol–water partition coefficient (Wildman–Crippen LogP) is 5.51. The molecule has 3 unspecified atom stereocenters. The van der Waals surface area contributed by atoms with Gasteiger partial charge in [-0.05, 0) is 37.0 Å². The molecule has 0 spiro atoms. The van der Waals surface area contributed by atoms with Gasteiger partial charge in [0.05, 0.1) is 0 Å². The van der Waals surface area contributed by atoms with Gasteiger partial charge >= 0.3 is 0 Å². The molecule has 17 heavy (non-hydrogen) atoms. The quantitative estimate of drug-likeness (QED) is 0.530. The van der Waals surface area contributed by atoms with Crippen LogP contribution < -0.4 is 0 Å². The van der Waals surface area contributed by atoms with Gasteiger partial charge in [-0.1, -0.05) is 69.8 Å². The zero-order valence-electron chi connectivity index (χ0n) is 11.4. The van der Waals surface area contributed by atoms with Crippen LogP contribution in [0.25, 0.3) is 0 Å². The second kappa shape index (κ2) is 7.03. The fourth-order valence-electron chi connectivity index (χ4n) is 3.45. The van der Waals surface area contributed by atoms with Crippen LogP contribution in [0.1, 0.15) is 64.7 Å². The van der Waals surface area contributed by atoms with Crippen molar-refractivity contribution in [2.45, 2.75) is 64.7 Å². The smallest absolute Gasteiger partial charge is 0.0196 e. The molecular formula is C17H28. The van der Waals surface area contributed by atoms with E-state index in [1.54, 1.807) is 0 Å². The summed E-state index contributed by atoms with van der Waals surface area (Å²) >= 11 is 0. The second-order valence-electron chi connectivity index (χ2n) is 6.23. The van der Waals surface area contributed by atoms with Gasteiger partial charge in [0.1, 0.15) is 0 Å². The van der Waals surface area contributed by atoms with Crippen LogP contribution in [0.3, 0.4) is 0 Å². The first-order valence-electron chi connectivity index (χ1n) is 7.68. The summed E-state index contributed by atoms with van der Waals surface area (Å²) in [6.45, 7) is 2.42. The maximum atomic E-state index is 2.42. The van der Waals surface area contributed by atoms with Gasteiger partial charge in [-0.15, -0.1) is 0 Å². The Balaban J connectivity index is 1.46. The highest BCUT2D eigenvalue weighted by Crippen LogP contribution is 2.33. The first-order chi connectivity index (χ1) is 8.34. The Bertz CT molecular complexity index is 261. The normalized spacial score (nSPS) is 32.2. The van der Waals surface area contributed by atoms with E-state index in [1.807, 2.05) is 0 Å². The summed E-state index contributed by atoms with van der Waals surface area (Å²) in [7, 11) is 0. The molecule has 0 heteroatoms. The molecule has 1 fully saturated rings. The Morgan fingerprint density at radius 1 is 1.00 bits per heavy atom. The average molecular weight is 232 g/mol. The predicted molar refractivity (Wildman–Crippen MR) is 76.0 cm³/mol. The van der Waals surface area contributed by atoms with Crippen molar-refractivity contribution >= 4 is 0 Å². The fourth-order valence-corrected chi connectivity index (χ4v) is 3.45. The van der Waals surface area contributed by atoms with Gasteiger partial charge in [-0.3, -0.25) is 0 Å². The summed E-state index contributed by atoms with van der Waals surface area (Å²) in [6.07, 6.45) is 22.2. The Morgan fingerprint density at radius 3 is 2.59 bits per heavy atom. The van der Waals surface area contributed by atoms with Gasteiger partial charge in [0.25, 0.3) is 0 Å². The molecule has 0 N–H and O–H groups in total. The van der Waals surface area contributed by atoms with Crippen molar-refractivity contribution in [3.8, 4) is 0 Å². The lowest BCUT2D eigenvalue weighted by molar-refractivity contribution is 0.440. The Hall–Kier alpha value is -0.520.